The molecule has 0 unspecified atom stereocenters. The van der Waals surface area contributed by atoms with Crippen LogP contribution in [0.4, 0.5) is 0 Å². The number of nitrogens with zero attached hydrogens (tertiary/aromatic N) is 3. The first kappa shape index (κ1) is 25.1. The fraction of sp³-hybridized carbons (Fsp3) is 0.417. The van der Waals surface area contributed by atoms with Gasteiger partial charge < -0.3 is 14.2 Å². The third kappa shape index (κ3) is 6.31. The van der Waals surface area contributed by atoms with Crippen LogP contribution < -0.4 is 0 Å². The molecule has 3 rings (SSSR count). The van der Waals surface area contributed by atoms with Crippen molar-refractivity contribution in [3.8, 4) is 0 Å². The minimum atomic E-state index is -3.68. The third-order valence-corrected chi connectivity index (χ3v) is 7.70. The van der Waals surface area contributed by atoms with Crippen molar-refractivity contribution in [2.24, 2.45) is 5.92 Å². The summed E-state index contributed by atoms with van der Waals surface area (Å²) in [5.74, 6) is -0.0233. The Morgan fingerprint density at radius 2 is 1.97 bits per heavy atom. The van der Waals surface area contributed by atoms with Crippen molar-refractivity contribution >= 4 is 27.1 Å². The molecule has 0 aliphatic rings. The van der Waals surface area contributed by atoms with E-state index in [-0.39, 0.29) is 29.3 Å². The number of thiophene rings is 1. The minimum absolute atomic E-state index is 0.0460. The van der Waals surface area contributed by atoms with E-state index in [1.165, 1.54) is 11.3 Å². The van der Waals surface area contributed by atoms with Gasteiger partial charge in [0, 0.05) is 20.2 Å². The summed E-state index contributed by atoms with van der Waals surface area (Å²) in [6, 6.07) is 11.1. The molecule has 0 aliphatic carbocycles. The molecular formula is C24H31N3O4S2. The van der Waals surface area contributed by atoms with Crippen LogP contribution in [0.15, 0.2) is 53.1 Å². The number of aromatic nitrogens is 2. The van der Waals surface area contributed by atoms with Crippen LogP contribution >= 0.6 is 11.3 Å². The van der Waals surface area contributed by atoms with Gasteiger partial charge in [-0.3, -0.25) is 4.79 Å². The van der Waals surface area contributed by atoms with Crippen LogP contribution in [0.5, 0.6) is 0 Å². The van der Waals surface area contributed by atoms with Crippen LogP contribution in [-0.2, 0) is 33.4 Å². The number of amides is 1. The molecule has 9 heteroatoms. The van der Waals surface area contributed by atoms with Gasteiger partial charge in [0.05, 0.1) is 35.7 Å². The summed E-state index contributed by atoms with van der Waals surface area (Å²) in [5.41, 5.74) is 2.37. The Morgan fingerprint density at radius 1 is 1.21 bits per heavy atom. The predicted octanol–water partition coefficient (Wildman–Crippen LogP) is 4.17. The summed E-state index contributed by atoms with van der Waals surface area (Å²) in [4.78, 5) is 19.7. The van der Waals surface area contributed by atoms with Crippen LogP contribution in [0.2, 0.25) is 0 Å². The molecule has 3 aromatic rings. The fourth-order valence-corrected chi connectivity index (χ4v) is 5.87. The van der Waals surface area contributed by atoms with Gasteiger partial charge in [-0.05, 0) is 35.4 Å². The van der Waals surface area contributed by atoms with Gasteiger partial charge in [-0.15, -0.1) is 11.3 Å². The van der Waals surface area contributed by atoms with E-state index in [0.717, 1.165) is 11.1 Å². The number of hydrogen-bond acceptors (Lipinski definition) is 6. The fourth-order valence-electron chi connectivity index (χ4n) is 3.57. The van der Waals surface area contributed by atoms with Gasteiger partial charge in [-0.1, -0.05) is 44.2 Å². The standard InChI is InChI=1S/C24H31N3O4S2/c1-18(2)15-27-21(16-26(11-12-31-4)23(28)22-10-7-13-32-22)14-25-24(27)33(29,30)17-20-9-6-5-8-19(20)3/h5-10,13-14,18H,11-12,15-17H2,1-4H3. The number of carbonyl (C=O) groups is 1. The van der Waals surface area contributed by atoms with E-state index in [0.29, 0.717) is 30.3 Å². The average molecular weight is 490 g/mol. The number of benzene rings is 1. The zero-order valence-corrected chi connectivity index (χ0v) is 21.2. The lowest BCUT2D eigenvalue weighted by atomic mass is 10.1. The summed E-state index contributed by atoms with van der Waals surface area (Å²) in [6.07, 6.45) is 1.58. The molecule has 0 atom stereocenters. The summed E-state index contributed by atoms with van der Waals surface area (Å²) in [6.45, 7) is 7.48. The molecule has 0 saturated heterocycles. The maximum Gasteiger partial charge on any atom is 0.264 e. The third-order valence-electron chi connectivity index (χ3n) is 5.27. The Bertz CT molecular complexity index is 1170. The number of sulfone groups is 1. The van der Waals surface area contributed by atoms with Gasteiger partial charge >= 0.3 is 0 Å². The van der Waals surface area contributed by atoms with E-state index in [4.69, 9.17) is 4.74 Å². The van der Waals surface area contributed by atoms with Crippen LogP contribution in [0.25, 0.3) is 0 Å². The van der Waals surface area contributed by atoms with E-state index in [1.54, 1.807) is 28.8 Å². The monoisotopic (exact) mass is 489 g/mol. The molecule has 1 aromatic carbocycles. The normalized spacial score (nSPS) is 11.8. The number of hydrogen-bond donors (Lipinski definition) is 0. The second-order valence-electron chi connectivity index (χ2n) is 8.42. The Balaban J connectivity index is 1.95. The van der Waals surface area contributed by atoms with Gasteiger partial charge in [-0.25, -0.2) is 13.4 Å². The molecular weight excluding hydrogens is 458 g/mol. The highest BCUT2D eigenvalue weighted by atomic mass is 32.2. The largest absolute Gasteiger partial charge is 0.383 e. The van der Waals surface area contributed by atoms with Crippen molar-refractivity contribution < 1.29 is 17.9 Å². The smallest absolute Gasteiger partial charge is 0.264 e. The Morgan fingerprint density at radius 3 is 2.61 bits per heavy atom. The lowest BCUT2D eigenvalue weighted by Crippen LogP contribution is -2.34. The SMILES string of the molecule is COCCN(Cc1cnc(S(=O)(=O)Cc2ccccc2C)n1CC(C)C)C(=O)c1cccs1. The molecule has 0 saturated carbocycles. The quantitative estimate of drug-likeness (QED) is 0.404. The maximum atomic E-state index is 13.4. The molecule has 0 radical (unpaired) electrons. The van der Waals surface area contributed by atoms with Crippen LogP contribution in [0, 0.1) is 12.8 Å². The van der Waals surface area contributed by atoms with E-state index in [1.807, 2.05) is 56.5 Å². The lowest BCUT2D eigenvalue weighted by Gasteiger charge is -2.23. The van der Waals surface area contributed by atoms with Crippen molar-refractivity contribution in [1.29, 1.82) is 0 Å². The van der Waals surface area contributed by atoms with Gasteiger partial charge in [-0.2, -0.15) is 0 Å². The van der Waals surface area contributed by atoms with E-state index in [9.17, 15) is 13.2 Å². The van der Waals surface area contributed by atoms with E-state index < -0.39 is 9.84 Å². The molecule has 7 nitrogen and oxygen atoms in total. The van der Waals surface area contributed by atoms with Gasteiger partial charge in [0.2, 0.25) is 15.0 Å². The van der Waals surface area contributed by atoms with Crippen LogP contribution in [0.1, 0.15) is 40.3 Å². The molecule has 2 aromatic heterocycles. The number of carbonyl (C=O) groups excluding carboxylic acids is 1. The zero-order chi connectivity index (χ0) is 24.0. The zero-order valence-electron chi connectivity index (χ0n) is 19.5. The number of rotatable bonds is 11. The number of ether oxygens (including phenoxy) is 1. The van der Waals surface area contributed by atoms with Crippen molar-refractivity contribution in [3.63, 3.8) is 0 Å². The number of methoxy groups -OCH3 is 1. The summed E-state index contributed by atoms with van der Waals surface area (Å²) in [5, 5.41) is 1.91. The topological polar surface area (TPSA) is 81.5 Å². The molecule has 33 heavy (non-hydrogen) atoms. The minimum Gasteiger partial charge on any atom is -0.383 e. The number of imidazole rings is 1. The first-order chi connectivity index (χ1) is 15.7. The summed E-state index contributed by atoms with van der Waals surface area (Å²) < 4.78 is 33.7. The maximum absolute atomic E-state index is 13.4. The second-order valence-corrected chi connectivity index (χ2v) is 11.2. The molecule has 0 fully saturated rings. The van der Waals surface area contributed by atoms with Gasteiger partial charge in [0.15, 0.2) is 0 Å². The Labute approximate surface area is 199 Å². The first-order valence-electron chi connectivity index (χ1n) is 10.9. The molecule has 0 bridgehead atoms. The van der Waals surface area contributed by atoms with Gasteiger partial charge in [0.1, 0.15) is 0 Å². The van der Waals surface area contributed by atoms with Crippen LogP contribution in [-0.4, -0.2) is 49.0 Å². The highest BCUT2D eigenvalue weighted by molar-refractivity contribution is 7.90. The van der Waals surface area contributed by atoms with Crippen molar-refractivity contribution in [2.75, 3.05) is 20.3 Å². The highest BCUT2D eigenvalue weighted by Gasteiger charge is 2.27. The first-order valence-corrected chi connectivity index (χ1v) is 13.4. The van der Waals surface area contributed by atoms with Crippen molar-refractivity contribution in [2.45, 2.75) is 44.8 Å². The highest BCUT2D eigenvalue weighted by Crippen LogP contribution is 2.22. The number of aryl methyl sites for hydroxylation is 1. The van der Waals surface area contributed by atoms with Crippen molar-refractivity contribution in [3.05, 3.63) is 69.7 Å². The van der Waals surface area contributed by atoms with Crippen LogP contribution in [0.3, 0.4) is 0 Å². The Hall–Kier alpha value is -2.49. The van der Waals surface area contributed by atoms with Crippen molar-refractivity contribution in [1.82, 2.24) is 14.5 Å². The van der Waals surface area contributed by atoms with E-state index >= 15 is 0 Å². The van der Waals surface area contributed by atoms with Gasteiger partial charge in [0.25, 0.3) is 5.91 Å². The molecule has 0 aliphatic heterocycles. The molecule has 178 valence electrons. The molecule has 1 amide bonds. The van der Waals surface area contributed by atoms with E-state index in [2.05, 4.69) is 4.98 Å². The average Bonchev–Trinajstić information content (AvgIpc) is 3.43. The summed E-state index contributed by atoms with van der Waals surface area (Å²) >= 11 is 1.38. The molecule has 0 spiro atoms. The molecule has 2 heterocycles. The lowest BCUT2D eigenvalue weighted by molar-refractivity contribution is 0.0680. The second kappa shape index (κ2) is 11.1. The molecule has 0 N–H and O–H groups in total. The Kier molecular flexibility index (Phi) is 8.45. The summed E-state index contributed by atoms with van der Waals surface area (Å²) in [7, 11) is -2.09. The predicted molar refractivity (Wildman–Crippen MR) is 130 cm³/mol.